The van der Waals surface area contributed by atoms with E-state index in [2.05, 4.69) is 15.6 Å². The van der Waals surface area contributed by atoms with Gasteiger partial charge in [-0.3, -0.25) is 14.4 Å². The monoisotopic (exact) mass is 237 g/mol. The largest absolute Gasteiger partial charge is 0.355 e. The highest BCUT2D eigenvalue weighted by Crippen LogP contribution is 1.88. The van der Waals surface area contributed by atoms with Gasteiger partial charge in [-0.15, -0.1) is 0 Å². The van der Waals surface area contributed by atoms with Gasteiger partial charge in [0.15, 0.2) is 0 Å². The number of carbonyl (C=O) groups excluding carboxylic acids is 2. The van der Waals surface area contributed by atoms with Gasteiger partial charge in [0.2, 0.25) is 5.91 Å². The summed E-state index contributed by atoms with van der Waals surface area (Å²) >= 11 is 0. The SMILES string of the molecule is CCCNC(=O)CNC(=O)c1ccc[nH]c1=O. The average Bonchev–Trinajstić information content (AvgIpc) is 2.34. The molecule has 0 spiro atoms. The van der Waals surface area contributed by atoms with E-state index < -0.39 is 11.5 Å². The second-order valence-electron chi connectivity index (χ2n) is 3.45. The van der Waals surface area contributed by atoms with Crippen LogP contribution < -0.4 is 16.2 Å². The Morgan fingerprint density at radius 2 is 2.12 bits per heavy atom. The van der Waals surface area contributed by atoms with Crippen molar-refractivity contribution in [3.63, 3.8) is 0 Å². The molecule has 0 aliphatic rings. The molecule has 17 heavy (non-hydrogen) atoms. The first-order valence-electron chi connectivity index (χ1n) is 5.37. The minimum Gasteiger partial charge on any atom is -0.355 e. The van der Waals surface area contributed by atoms with Crippen LogP contribution in [-0.4, -0.2) is 29.9 Å². The van der Waals surface area contributed by atoms with Crippen LogP contribution >= 0.6 is 0 Å². The molecule has 0 radical (unpaired) electrons. The number of amides is 2. The van der Waals surface area contributed by atoms with Crippen LogP contribution in [0.5, 0.6) is 0 Å². The fourth-order valence-electron chi connectivity index (χ4n) is 1.18. The molecule has 0 atom stereocenters. The number of aromatic nitrogens is 1. The maximum Gasteiger partial charge on any atom is 0.260 e. The normalized spacial score (nSPS) is 9.71. The molecule has 6 heteroatoms. The molecular formula is C11H15N3O3. The molecule has 0 fully saturated rings. The number of H-pyrrole nitrogens is 1. The van der Waals surface area contributed by atoms with Crippen LogP contribution in [0.1, 0.15) is 23.7 Å². The molecule has 2 amide bonds. The summed E-state index contributed by atoms with van der Waals surface area (Å²) in [7, 11) is 0. The van der Waals surface area contributed by atoms with E-state index in [1.54, 1.807) is 6.07 Å². The zero-order valence-corrected chi connectivity index (χ0v) is 9.58. The quantitative estimate of drug-likeness (QED) is 0.652. The first-order valence-corrected chi connectivity index (χ1v) is 5.37. The molecule has 6 nitrogen and oxygen atoms in total. The molecule has 92 valence electrons. The van der Waals surface area contributed by atoms with Crippen molar-refractivity contribution >= 4 is 11.8 Å². The van der Waals surface area contributed by atoms with Crippen LogP contribution in [0, 0.1) is 0 Å². The number of hydrogen-bond acceptors (Lipinski definition) is 3. The third-order valence-electron chi connectivity index (χ3n) is 2.04. The van der Waals surface area contributed by atoms with Crippen LogP contribution in [-0.2, 0) is 4.79 Å². The van der Waals surface area contributed by atoms with Crippen molar-refractivity contribution in [1.29, 1.82) is 0 Å². The van der Waals surface area contributed by atoms with Crippen molar-refractivity contribution in [3.05, 3.63) is 34.2 Å². The number of hydrogen-bond donors (Lipinski definition) is 3. The molecule has 1 aromatic rings. The highest BCUT2D eigenvalue weighted by molar-refractivity contribution is 5.96. The summed E-state index contributed by atoms with van der Waals surface area (Å²) in [5.41, 5.74) is -0.477. The Labute approximate surface area is 98.4 Å². The van der Waals surface area contributed by atoms with Crippen LogP contribution in [0.3, 0.4) is 0 Å². The maximum absolute atomic E-state index is 11.5. The molecule has 0 aliphatic heterocycles. The summed E-state index contributed by atoms with van der Waals surface area (Å²) in [5, 5.41) is 4.99. The van der Waals surface area contributed by atoms with E-state index >= 15 is 0 Å². The second-order valence-corrected chi connectivity index (χ2v) is 3.45. The summed E-state index contributed by atoms with van der Waals surface area (Å²) in [5.74, 6) is -0.828. The molecule has 0 bridgehead atoms. The van der Waals surface area contributed by atoms with Gasteiger partial charge in [-0.05, 0) is 18.6 Å². The maximum atomic E-state index is 11.5. The molecular weight excluding hydrogens is 222 g/mol. The molecule has 3 N–H and O–H groups in total. The summed E-state index contributed by atoms with van der Waals surface area (Å²) < 4.78 is 0. The number of carbonyl (C=O) groups is 2. The Kier molecular flexibility index (Phi) is 4.93. The van der Waals surface area contributed by atoms with E-state index in [1.165, 1.54) is 12.3 Å². The van der Waals surface area contributed by atoms with Gasteiger partial charge in [0.05, 0.1) is 6.54 Å². The molecule has 0 saturated heterocycles. The first-order chi connectivity index (χ1) is 8.15. The Bertz CT molecular complexity index is 453. The molecule has 0 saturated carbocycles. The second kappa shape index (κ2) is 6.47. The predicted octanol–water partition coefficient (Wildman–Crippen LogP) is -0.369. The first kappa shape index (κ1) is 13.0. The van der Waals surface area contributed by atoms with E-state index in [9.17, 15) is 14.4 Å². The minimum atomic E-state index is -0.557. The number of pyridine rings is 1. The standard InChI is InChI=1S/C11H15N3O3/c1-2-5-12-9(15)7-14-11(17)8-4-3-6-13-10(8)16/h3-4,6H,2,5,7H2,1H3,(H,12,15)(H,13,16)(H,14,17). The fraction of sp³-hybridized carbons (Fsp3) is 0.364. The van der Waals surface area contributed by atoms with E-state index in [1.807, 2.05) is 6.92 Å². The molecule has 0 aliphatic carbocycles. The van der Waals surface area contributed by atoms with Crippen molar-refractivity contribution < 1.29 is 9.59 Å². The zero-order chi connectivity index (χ0) is 12.7. The Balaban J connectivity index is 2.48. The van der Waals surface area contributed by atoms with Crippen molar-refractivity contribution in [2.24, 2.45) is 0 Å². The van der Waals surface area contributed by atoms with Gasteiger partial charge in [0.1, 0.15) is 5.56 Å². The van der Waals surface area contributed by atoms with Crippen molar-refractivity contribution in [2.45, 2.75) is 13.3 Å². The van der Waals surface area contributed by atoms with Crippen LogP contribution in [0.2, 0.25) is 0 Å². The lowest BCUT2D eigenvalue weighted by molar-refractivity contribution is -0.120. The lowest BCUT2D eigenvalue weighted by atomic mass is 10.2. The van der Waals surface area contributed by atoms with Gasteiger partial charge in [-0.2, -0.15) is 0 Å². The molecule has 1 aromatic heterocycles. The van der Waals surface area contributed by atoms with E-state index in [0.29, 0.717) is 6.54 Å². The topological polar surface area (TPSA) is 91.1 Å². The van der Waals surface area contributed by atoms with Crippen molar-refractivity contribution in [3.8, 4) is 0 Å². The van der Waals surface area contributed by atoms with Gasteiger partial charge in [-0.25, -0.2) is 0 Å². The molecule has 0 unspecified atom stereocenters. The van der Waals surface area contributed by atoms with E-state index in [-0.39, 0.29) is 18.0 Å². The molecule has 0 aromatic carbocycles. The van der Waals surface area contributed by atoms with Crippen LogP contribution in [0.25, 0.3) is 0 Å². The van der Waals surface area contributed by atoms with E-state index in [4.69, 9.17) is 0 Å². The Morgan fingerprint density at radius 1 is 1.35 bits per heavy atom. The van der Waals surface area contributed by atoms with Gasteiger partial charge < -0.3 is 15.6 Å². The van der Waals surface area contributed by atoms with Gasteiger partial charge in [0.25, 0.3) is 11.5 Å². The molecule has 1 heterocycles. The zero-order valence-electron chi connectivity index (χ0n) is 9.58. The Hall–Kier alpha value is -2.11. The highest BCUT2D eigenvalue weighted by atomic mass is 16.2. The van der Waals surface area contributed by atoms with E-state index in [0.717, 1.165) is 6.42 Å². The highest BCUT2D eigenvalue weighted by Gasteiger charge is 2.10. The Morgan fingerprint density at radius 3 is 2.76 bits per heavy atom. The van der Waals surface area contributed by atoms with Crippen LogP contribution in [0.15, 0.2) is 23.1 Å². The van der Waals surface area contributed by atoms with Gasteiger partial charge >= 0.3 is 0 Å². The lowest BCUT2D eigenvalue weighted by Crippen LogP contribution is -2.38. The summed E-state index contributed by atoms with van der Waals surface area (Å²) in [6.07, 6.45) is 2.27. The smallest absolute Gasteiger partial charge is 0.260 e. The third kappa shape index (κ3) is 4.10. The van der Waals surface area contributed by atoms with Crippen molar-refractivity contribution in [1.82, 2.24) is 15.6 Å². The predicted molar refractivity (Wildman–Crippen MR) is 62.7 cm³/mol. The molecule has 1 rings (SSSR count). The average molecular weight is 237 g/mol. The summed E-state index contributed by atoms with van der Waals surface area (Å²) in [6, 6.07) is 2.95. The third-order valence-corrected chi connectivity index (χ3v) is 2.04. The summed E-state index contributed by atoms with van der Waals surface area (Å²) in [6.45, 7) is 2.37. The number of rotatable bonds is 5. The number of aromatic amines is 1. The van der Waals surface area contributed by atoms with Crippen LogP contribution in [0.4, 0.5) is 0 Å². The lowest BCUT2D eigenvalue weighted by Gasteiger charge is -2.05. The minimum absolute atomic E-state index is 0.00390. The number of nitrogens with one attached hydrogen (secondary N) is 3. The van der Waals surface area contributed by atoms with Gasteiger partial charge in [0, 0.05) is 12.7 Å². The summed E-state index contributed by atoms with van der Waals surface area (Å²) in [4.78, 5) is 36.4. The van der Waals surface area contributed by atoms with Gasteiger partial charge in [-0.1, -0.05) is 6.92 Å². The van der Waals surface area contributed by atoms with Crippen molar-refractivity contribution in [2.75, 3.05) is 13.1 Å². The fourth-order valence-corrected chi connectivity index (χ4v) is 1.18.